The minimum Gasteiger partial charge on any atom is -0.501 e. The van der Waals surface area contributed by atoms with Crippen LogP contribution in [0, 0.1) is 5.39 Å². The van der Waals surface area contributed by atoms with Crippen LogP contribution < -0.4 is 0 Å². The zero-order chi connectivity index (χ0) is 15.9. The Morgan fingerprint density at radius 3 is 2.24 bits per heavy atom. The molecule has 7 nitrogen and oxygen atoms in total. The van der Waals surface area contributed by atoms with Gasteiger partial charge in [-0.3, -0.25) is 0 Å². The normalized spacial score (nSPS) is 13.3. The van der Waals surface area contributed by atoms with E-state index in [9.17, 15) is 9.67 Å². The molecule has 112 valence electrons. The van der Waals surface area contributed by atoms with Gasteiger partial charge < -0.3 is 18.9 Å². The average Bonchev–Trinajstić information content (AvgIpc) is 2.53. The Labute approximate surface area is 122 Å². The van der Waals surface area contributed by atoms with Crippen LogP contribution in [0.2, 0.25) is 0 Å². The van der Waals surface area contributed by atoms with Gasteiger partial charge in [0.15, 0.2) is 4.98 Å². The summed E-state index contributed by atoms with van der Waals surface area (Å²) >= 11 is 0. The van der Waals surface area contributed by atoms with Crippen molar-refractivity contribution in [2.24, 2.45) is 0 Å². The SMILES string of the molecule is CO/C(=C\C(O)=C(/[N+]#N)P(=O)(OC)OC)c1ccccc1. The molecule has 0 saturated carbocycles. The molecule has 1 aromatic rings. The van der Waals surface area contributed by atoms with Crippen molar-refractivity contribution >= 4 is 13.4 Å². The first-order chi connectivity index (χ1) is 10.0. The molecule has 1 rings (SSSR count). The van der Waals surface area contributed by atoms with Crippen molar-refractivity contribution in [3.63, 3.8) is 0 Å². The number of nitrogens with zero attached hydrogens (tertiary/aromatic N) is 2. The van der Waals surface area contributed by atoms with Crippen LogP contribution in [0.5, 0.6) is 0 Å². The van der Waals surface area contributed by atoms with Gasteiger partial charge in [-0.2, -0.15) is 0 Å². The fraction of sp³-hybridized carbons (Fsp3) is 0.231. The first kappa shape index (κ1) is 16.9. The Hall–Kier alpha value is -2.13. The maximum atomic E-state index is 12.1. The van der Waals surface area contributed by atoms with Crippen molar-refractivity contribution in [3.8, 4) is 0 Å². The van der Waals surface area contributed by atoms with E-state index in [4.69, 9.17) is 10.1 Å². The summed E-state index contributed by atoms with van der Waals surface area (Å²) in [7, 11) is -0.258. The van der Waals surface area contributed by atoms with Crippen LogP contribution in [0.4, 0.5) is 0 Å². The first-order valence-electron chi connectivity index (χ1n) is 5.84. The van der Waals surface area contributed by atoms with E-state index in [1.807, 2.05) is 6.07 Å². The summed E-state index contributed by atoms with van der Waals surface area (Å²) in [5, 5.41) is 19.0. The van der Waals surface area contributed by atoms with Gasteiger partial charge in [-0.05, 0) is 0 Å². The van der Waals surface area contributed by atoms with E-state index in [1.54, 1.807) is 24.3 Å². The molecule has 0 aliphatic rings. The molecule has 0 atom stereocenters. The summed E-state index contributed by atoms with van der Waals surface area (Å²) in [5.41, 5.74) is 0.0616. The van der Waals surface area contributed by atoms with E-state index in [0.717, 1.165) is 20.3 Å². The van der Waals surface area contributed by atoms with Crippen molar-refractivity contribution in [3.05, 3.63) is 58.1 Å². The zero-order valence-corrected chi connectivity index (χ0v) is 12.8. The maximum absolute atomic E-state index is 12.1. The van der Waals surface area contributed by atoms with Crippen molar-refractivity contribution in [1.29, 1.82) is 5.39 Å². The number of methoxy groups -OCH3 is 1. The molecular formula is C13H16N2O5P+. The van der Waals surface area contributed by atoms with Crippen molar-refractivity contribution < 1.29 is 23.5 Å². The van der Waals surface area contributed by atoms with E-state index in [2.05, 4.69) is 14.0 Å². The van der Waals surface area contributed by atoms with E-state index >= 15 is 0 Å². The van der Waals surface area contributed by atoms with Crippen molar-refractivity contribution in [2.45, 2.75) is 0 Å². The van der Waals surface area contributed by atoms with Crippen LogP contribution in [0.1, 0.15) is 5.56 Å². The lowest BCUT2D eigenvalue weighted by Crippen LogP contribution is -1.95. The van der Waals surface area contributed by atoms with Crippen LogP contribution in [-0.4, -0.2) is 26.4 Å². The maximum Gasteiger partial charge on any atom is 0.511 e. The van der Waals surface area contributed by atoms with Crippen LogP contribution in [0.3, 0.4) is 0 Å². The lowest BCUT2D eigenvalue weighted by molar-refractivity contribution is 0.281. The van der Waals surface area contributed by atoms with Gasteiger partial charge in [0.25, 0.3) is 0 Å². The number of aliphatic hydroxyl groups excluding tert-OH is 1. The van der Waals surface area contributed by atoms with Crippen LogP contribution in [0.25, 0.3) is 10.7 Å². The third kappa shape index (κ3) is 3.92. The third-order valence-corrected chi connectivity index (χ3v) is 4.41. The molecule has 1 aromatic carbocycles. The van der Waals surface area contributed by atoms with E-state index in [-0.39, 0.29) is 5.76 Å². The summed E-state index contributed by atoms with van der Waals surface area (Å²) in [6.45, 7) is 0. The summed E-state index contributed by atoms with van der Waals surface area (Å²) in [6, 6.07) is 8.91. The highest BCUT2D eigenvalue weighted by atomic mass is 31.2. The highest BCUT2D eigenvalue weighted by Crippen LogP contribution is 2.56. The van der Waals surface area contributed by atoms with Gasteiger partial charge in [-0.15, -0.1) is 0 Å². The van der Waals surface area contributed by atoms with E-state index in [0.29, 0.717) is 5.56 Å². The smallest absolute Gasteiger partial charge is 0.501 e. The van der Waals surface area contributed by atoms with Crippen molar-refractivity contribution in [1.82, 2.24) is 0 Å². The summed E-state index contributed by atoms with van der Waals surface area (Å²) < 4.78 is 26.6. The third-order valence-electron chi connectivity index (χ3n) is 2.61. The number of diazo groups is 1. The predicted octanol–water partition coefficient (Wildman–Crippen LogP) is 3.74. The number of rotatable bonds is 6. The number of benzene rings is 1. The molecule has 0 spiro atoms. The molecule has 1 N–H and O–H groups in total. The molecule has 0 saturated heterocycles. The Kier molecular flexibility index (Phi) is 6.12. The highest BCUT2D eigenvalue weighted by Gasteiger charge is 2.44. The summed E-state index contributed by atoms with van der Waals surface area (Å²) in [6.07, 6.45) is 1.16. The molecular weight excluding hydrogens is 295 g/mol. The number of ether oxygens (including phenoxy) is 1. The van der Waals surface area contributed by atoms with Crippen LogP contribution >= 0.6 is 7.60 Å². The van der Waals surface area contributed by atoms with Crippen molar-refractivity contribution in [2.75, 3.05) is 21.3 Å². The molecule has 0 heterocycles. The van der Waals surface area contributed by atoms with Gasteiger partial charge in [-0.25, -0.2) is 4.57 Å². The molecule has 21 heavy (non-hydrogen) atoms. The molecule has 0 amide bonds. The van der Waals surface area contributed by atoms with Gasteiger partial charge in [0.1, 0.15) is 5.76 Å². The van der Waals surface area contributed by atoms with Gasteiger partial charge in [-0.1, -0.05) is 30.3 Å². The average molecular weight is 311 g/mol. The minimum atomic E-state index is -3.89. The lowest BCUT2D eigenvalue weighted by atomic mass is 10.2. The standard InChI is InChI=1S/C13H15N2O5P/c1-18-12(10-7-5-4-6-8-10)9-11(16)13(15-14)21(17,19-2)20-3/h4-9H,1-3H3/p+1/b12-9-. The molecule has 0 aromatic heterocycles. The quantitative estimate of drug-likeness (QED) is 0.372. The van der Waals surface area contributed by atoms with E-state index in [1.165, 1.54) is 7.11 Å². The second kappa shape index (κ2) is 7.60. The minimum absolute atomic E-state index is 0.285. The molecule has 0 radical (unpaired) electrons. The summed E-state index contributed by atoms with van der Waals surface area (Å²) in [5.74, 6) is -0.307. The van der Waals surface area contributed by atoms with Gasteiger partial charge in [0, 0.05) is 25.9 Å². The molecule has 0 aliphatic heterocycles. The van der Waals surface area contributed by atoms with E-state index < -0.39 is 18.8 Å². The highest BCUT2D eigenvalue weighted by molar-refractivity contribution is 7.58. The largest absolute Gasteiger partial charge is 0.511 e. The zero-order valence-electron chi connectivity index (χ0n) is 11.9. The Morgan fingerprint density at radius 1 is 1.24 bits per heavy atom. The Morgan fingerprint density at radius 2 is 1.81 bits per heavy atom. The van der Waals surface area contributed by atoms with Gasteiger partial charge >= 0.3 is 13.0 Å². The number of hydrogen-bond acceptors (Lipinski definition) is 6. The molecule has 0 fully saturated rings. The van der Waals surface area contributed by atoms with Crippen LogP contribution in [-0.2, 0) is 18.3 Å². The first-order valence-corrected chi connectivity index (χ1v) is 7.38. The fourth-order valence-corrected chi connectivity index (χ4v) is 2.49. The predicted molar refractivity (Wildman–Crippen MR) is 77.8 cm³/mol. The number of aliphatic hydroxyl groups is 1. The molecule has 0 bridgehead atoms. The topological polar surface area (TPSA) is 93.1 Å². The number of hydrogen-bond donors (Lipinski definition) is 1. The second-order valence-electron chi connectivity index (χ2n) is 3.75. The Balaban J connectivity index is 3.36. The van der Waals surface area contributed by atoms with Gasteiger partial charge in [0.05, 0.1) is 7.11 Å². The molecule has 8 heteroatoms. The molecule has 0 aliphatic carbocycles. The summed E-state index contributed by atoms with van der Waals surface area (Å²) in [4.78, 5) is 2.80. The second-order valence-corrected chi connectivity index (χ2v) is 5.90. The lowest BCUT2D eigenvalue weighted by Gasteiger charge is -2.07. The Bertz CT molecular complexity index is 626. The van der Waals surface area contributed by atoms with Gasteiger partial charge in [0.2, 0.25) is 11.2 Å². The van der Waals surface area contributed by atoms with Crippen LogP contribution in [0.15, 0.2) is 47.6 Å². The molecule has 0 unspecified atom stereocenters. The monoisotopic (exact) mass is 311 g/mol. The number of allylic oxidation sites excluding steroid dienone is 1. The fourth-order valence-electron chi connectivity index (χ4n) is 1.55.